The summed E-state index contributed by atoms with van der Waals surface area (Å²) in [5.41, 5.74) is 7.18. The molecule has 3 N–H and O–H groups in total. The number of nitrogens with zero attached hydrogens (tertiary/aromatic N) is 3. The van der Waals surface area contributed by atoms with Gasteiger partial charge in [0.15, 0.2) is 5.84 Å². The fourth-order valence-corrected chi connectivity index (χ4v) is 3.09. The van der Waals surface area contributed by atoms with Gasteiger partial charge in [0.25, 0.3) is 0 Å². The van der Waals surface area contributed by atoms with E-state index in [-0.39, 0.29) is 5.84 Å². The van der Waals surface area contributed by atoms with Crippen LogP contribution in [0.1, 0.15) is 18.4 Å². The van der Waals surface area contributed by atoms with E-state index in [0.29, 0.717) is 16.5 Å². The fourth-order valence-electron chi connectivity index (χ4n) is 2.76. The van der Waals surface area contributed by atoms with Crippen LogP contribution < -0.4 is 10.6 Å². The van der Waals surface area contributed by atoms with E-state index < -0.39 is 0 Å². The van der Waals surface area contributed by atoms with Gasteiger partial charge in [-0.25, -0.2) is 0 Å². The number of rotatable bonds is 4. The first-order valence-corrected chi connectivity index (χ1v) is 7.56. The first-order chi connectivity index (χ1) is 10.0. The Hall–Kier alpha value is -1.46. The lowest BCUT2D eigenvalue weighted by atomic mass is 9.96. The molecule has 1 aromatic carbocycles. The highest BCUT2D eigenvalue weighted by atomic mass is 35.5. The smallest absolute Gasteiger partial charge is 0.170 e. The summed E-state index contributed by atoms with van der Waals surface area (Å²) in [5, 5.41) is 12.3. The van der Waals surface area contributed by atoms with Crippen LogP contribution in [0.4, 0.5) is 5.69 Å². The predicted octanol–water partition coefficient (Wildman–Crippen LogP) is 2.21. The molecule has 5 nitrogen and oxygen atoms in total. The first-order valence-electron chi connectivity index (χ1n) is 7.18. The topological polar surface area (TPSA) is 65.1 Å². The van der Waals surface area contributed by atoms with Crippen LogP contribution in [0.5, 0.6) is 0 Å². The third-order valence-electron chi connectivity index (χ3n) is 4.13. The first kappa shape index (κ1) is 15.9. The number of hydrogen-bond donors (Lipinski definition) is 2. The van der Waals surface area contributed by atoms with Crippen molar-refractivity contribution in [1.29, 1.82) is 0 Å². The number of nitrogens with two attached hydrogens (primary N) is 1. The largest absolute Gasteiger partial charge is 0.409 e. The SMILES string of the molecule is CN1CCC(CN(C)c2ccc(C(N)=NO)cc2Cl)CC1. The van der Waals surface area contributed by atoms with Crippen molar-refractivity contribution in [3.05, 3.63) is 28.8 Å². The highest BCUT2D eigenvalue weighted by molar-refractivity contribution is 6.33. The van der Waals surface area contributed by atoms with E-state index in [9.17, 15) is 0 Å². The van der Waals surface area contributed by atoms with Crippen LogP contribution in [0, 0.1) is 5.92 Å². The van der Waals surface area contributed by atoms with Crippen LogP contribution in [0.2, 0.25) is 5.02 Å². The zero-order valence-corrected chi connectivity index (χ0v) is 13.3. The second-order valence-corrected chi connectivity index (χ2v) is 6.19. The lowest BCUT2D eigenvalue weighted by Gasteiger charge is -2.32. The second-order valence-electron chi connectivity index (χ2n) is 5.78. The number of oxime groups is 1. The maximum atomic E-state index is 8.70. The van der Waals surface area contributed by atoms with Gasteiger partial charge in [-0.3, -0.25) is 0 Å². The van der Waals surface area contributed by atoms with E-state index in [0.717, 1.165) is 25.3 Å². The van der Waals surface area contributed by atoms with E-state index in [4.69, 9.17) is 22.5 Å². The van der Waals surface area contributed by atoms with Crippen molar-refractivity contribution in [2.75, 3.05) is 38.6 Å². The van der Waals surface area contributed by atoms with E-state index in [1.54, 1.807) is 6.07 Å². The Morgan fingerprint density at radius 3 is 2.71 bits per heavy atom. The Labute approximate surface area is 131 Å². The second kappa shape index (κ2) is 7.00. The number of anilines is 1. The van der Waals surface area contributed by atoms with Crippen LogP contribution in [0.25, 0.3) is 0 Å². The van der Waals surface area contributed by atoms with E-state index in [1.807, 2.05) is 12.1 Å². The molecule has 0 aliphatic carbocycles. The van der Waals surface area contributed by atoms with Crippen molar-refractivity contribution >= 4 is 23.1 Å². The third-order valence-corrected chi connectivity index (χ3v) is 4.44. The summed E-state index contributed by atoms with van der Waals surface area (Å²) in [4.78, 5) is 4.56. The summed E-state index contributed by atoms with van der Waals surface area (Å²) in [7, 11) is 4.23. The molecule has 0 saturated carbocycles. The van der Waals surface area contributed by atoms with Gasteiger partial charge in [-0.2, -0.15) is 0 Å². The summed E-state index contributed by atoms with van der Waals surface area (Å²) < 4.78 is 0. The van der Waals surface area contributed by atoms with E-state index in [1.165, 1.54) is 12.8 Å². The molecule has 0 bridgehead atoms. The fraction of sp³-hybridized carbons (Fsp3) is 0.533. The molecule has 0 unspecified atom stereocenters. The Kier molecular flexibility index (Phi) is 5.31. The van der Waals surface area contributed by atoms with Crippen molar-refractivity contribution in [2.24, 2.45) is 16.8 Å². The Morgan fingerprint density at radius 1 is 1.48 bits per heavy atom. The summed E-state index contributed by atoms with van der Waals surface area (Å²) in [6, 6.07) is 5.48. The minimum atomic E-state index is 0.0708. The molecule has 1 aromatic rings. The van der Waals surface area contributed by atoms with Crippen LogP contribution in [-0.2, 0) is 0 Å². The molecule has 1 aliphatic heterocycles. The number of hydrogen-bond acceptors (Lipinski definition) is 4. The molecular weight excluding hydrogens is 288 g/mol. The van der Waals surface area contributed by atoms with Gasteiger partial charge < -0.3 is 20.7 Å². The van der Waals surface area contributed by atoms with Crippen molar-refractivity contribution in [1.82, 2.24) is 4.90 Å². The molecule has 2 rings (SSSR count). The van der Waals surface area contributed by atoms with Gasteiger partial charge >= 0.3 is 0 Å². The molecule has 6 heteroatoms. The standard InChI is InChI=1S/C15H23ClN4O/c1-19-7-5-11(6-8-19)10-20(2)14-4-3-12(9-13(14)16)15(17)18-21/h3-4,9,11,21H,5-8,10H2,1-2H3,(H2,17,18). The van der Waals surface area contributed by atoms with Gasteiger partial charge in [-0.1, -0.05) is 16.8 Å². The molecule has 1 saturated heterocycles. The zero-order valence-electron chi connectivity index (χ0n) is 12.6. The lowest BCUT2D eigenvalue weighted by Crippen LogP contribution is -2.35. The van der Waals surface area contributed by atoms with E-state index >= 15 is 0 Å². The number of piperidine rings is 1. The monoisotopic (exact) mass is 310 g/mol. The van der Waals surface area contributed by atoms with Crippen molar-refractivity contribution in [3.63, 3.8) is 0 Å². The molecule has 0 atom stereocenters. The minimum absolute atomic E-state index is 0.0708. The number of likely N-dealkylation sites (tertiary alicyclic amines) is 1. The van der Waals surface area contributed by atoms with Crippen LogP contribution in [0.15, 0.2) is 23.4 Å². The third kappa shape index (κ3) is 4.02. The molecule has 0 radical (unpaired) electrons. The van der Waals surface area contributed by atoms with Crippen LogP contribution in [-0.4, -0.2) is 49.7 Å². The molecule has 1 heterocycles. The molecule has 0 amide bonds. The van der Waals surface area contributed by atoms with Gasteiger partial charge in [0, 0.05) is 19.2 Å². The average Bonchev–Trinajstić information content (AvgIpc) is 2.48. The van der Waals surface area contributed by atoms with Crippen molar-refractivity contribution < 1.29 is 5.21 Å². The Balaban J connectivity index is 2.04. The van der Waals surface area contributed by atoms with Gasteiger partial charge in [-0.05, 0) is 57.1 Å². The predicted molar refractivity (Wildman–Crippen MR) is 87.5 cm³/mol. The number of benzene rings is 1. The minimum Gasteiger partial charge on any atom is -0.409 e. The molecule has 21 heavy (non-hydrogen) atoms. The molecule has 116 valence electrons. The zero-order chi connectivity index (χ0) is 15.4. The summed E-state index contributed by atoms with van der Waals surface area (Å²) in [6.45, 7) is 3.32. The highest BCUT2D eigenvalue weighted by Gasteiger charge is 2.19. The average molecular weight is 311 g/mol. The van der Waals surface area contributed by atoms with Crippen LogP contribution >= 0.6 is 11.6 Å². The molecule has 1 aliphatic rings. The summed E-state index contributed by atoms with van der Waals surface area (Å²) >= 11 is 6.32. The molecular formula is C15H23ClN4O. The van der Waals surface area contributed by atoms with Gasteiger partial charge in [0.2, 0.25) is 0 Å². The maximum absolute atomic E-state index is 8.70. The molecule has 1 fully saturated rings. The normalized spacial score (nSPS) is 18.0. The Morgan fingerprint density at radius 2 is 2.14 bits per heavy atom. The van der Waals surface area contributed by atoms with Gasteiger partial charge in [0.1, 0.15) is 0 Å². The van der Waals surface area contributed by atoms with Crippen molar-refractivity contribution in [3.8, 4) is 0 Å². The molecule has 0 spiro atoms. The van der Waals surface area contributed by atoms with Gasteiger partial charge in [-0.15, -0.1) is 0 Å². The molecule has 0 aromatic heterocycles. The Bertz CT molecular complexity index is 512. The summed E-state index contributed by atoms with van der Waals surface area (Å²) in [5.74, 6) is 0.771. The number of halogens is 1. The lowest BCUT2D eigenvalue weighted by molar-refractivity contribution is 0.222. The van der Waals surface area contributed by atoms with E-state index in [2.05, 4.69) is 29.1 Å². The highest BCUT2D eigenvalue weighted by Crippen LogP contribution is 2.28. The van der Waals surface area contributed by atoms with Gasteiger partial charge in [0.05, 0.1) is 10.7 Å². The van der Waals surface area contributed by atoms with Crippen molar-refractivity contribution in [2.45, 2.75) is 12.8 Å². The summed E-state index contributed by atoms with van der Waals surface area (Å²) in [6.07, 6.45) is 2.45. The maximum Gasteiger partial charge on any atom is 0.170 e. The van der Waals surface area contributed by atoms with Crippen LogP contribution in [0.3, 0.4) is 0 Å². The quantitative estimate of drug-likeness (QED) is 0.387. The number of amidine groups is 1.